The molecule has 4 bridgehead atoms. The third-order valence-electron chi connectivity index (χ3n) is 11.4. The van der Waals surface area contributed by atoms with Crippen molar-refractivity contribution in [3.63, 3.8) is 0 Å². The summed E-state index contributed by atoms with van der Waals surface area (Å²) in [5, 5.41) is 15.0. The van der Waals surface area contributed by atoms with Crippen molar-refractivity contribution < 1.29 is 48.0 Å². The summed E-state index contributed by atoms with van der Waals surface area (Å²) in [6, 6.07) is -1.19. The van der Waals surface area contributed by atoms with Crippen LogP contribution in [-0.4, -0.2) is 126 Å². The second kappa shape index (κ2) is 13.0. The number of ether oxygens (including phenoxy) is 5. The van der Waals surface area contributed by atoms with E-state index >= 15 is 0 Å². The lowest BCUT2D eigenvalue weighted by Gasteiger charge is -2.62. The van der Waals surface area contributed by atoms with Crippen LogP contribution in [0.4, 0.5) is 4.79 Å². The lowest BCUT2D eigenvalue weighted by molar-refractivity contribution is -0.313. The summed E-state index contributed by atoms with van der Waals surface area (Å²) in [5.41, 5.74) is -4.71. The number of hydrogen-bond donors (Lipinski definition) is 2. The number of amides is 1. The number of aliphatic hydroxyl groups excluding tert-OH is 1. The van der Waals surface area contributed by atoms with Crippen molar-refractivity contribution in [2.75, 3.05) is 27.7 Å². The van der Waals surface area contributed by atoms with E-state index in [2.05, 4.69) is 5.32 Å². The number of rotatable bonds is 7. The number of nitrogens with one attached hydrogen (secondary N) is 1. The fourth-order valence-electron chi connectivity index (χ4n) is 8.84. The Morgan fingerprint density at radius 3 is 2.20 bits per heavy atom. The highest BCUT2D eigenvalue weighted by molar-refractivity contribution is 6.00. The predicted octanol–water partition coefficient (Wildman–Crippen LogP) is 2.12. The monoisotopic (exact) mass is 653 g/mol. The summed E-state index contributed by atoms with van der Waals surface area (Å²) >= 11 is 0. The van der Waals surface area contributed by atoms with Gasteiger partial charge in [0.2, 0.25) is 0 Å². The number of Topliss-reactive ketones (excluding diaryl/α,β-unsaturated/α-hetero) is 2. The number of likely N-dealkylation sites (N-methyl/N-ethyl adjacent to an activating group) is 2. The summed E-state index contributed by atoms with van der Waals surface area (Å²) in [6.07, 6.45) is -4.71. The zero-order chi connectivity index (χ0) is 34.7. The summed E-state index contributed by atoms with van der Waals surface area (Å²) in [5.74, 6) is -5.24. The van der Waals surface area contributed by atoms with Gasteiger partial charge in [0.05, 0.1) is 18.1 Å². The normalized spacial score (nSPS) is 46.9. The molecule has 0 radical (unpaired) electrons. The number of carbonyl (C=O) groups is 4. The zero-order valence-corrected chi connectivity index (χ0v) is 29.5. The molecule has 0 aromatic rings. The highest BCUT2D eigenvalue weighted by atomic mass is 16.7. The van der Waals surface area contributed by atoms with Crippen molar-refractivity contribution in [3.8, 4) is 0 Å². The first-order valence-electron chi connectivity index (χ1n) is 16.6. The molecule has 13 heteroatoms. The third-order valence-corrected chi connectivity index (χ3v) is 11.4. The molecular formula is C33H55N3O10. The van der Waals surface area contributed by atoms with Crippen LogP contribution in [-0.2, 0) is 38.1 Å². The molecule has 0 aromatic heterocycles. The molecule has 0 spiro atoms. The Labute approximate surface area is 272 Å². The minimum Gasteiger partial charge on any atom is -0.458 e. The number of cyclic esters (lactones) is 1. The molecular weight excluding hydrogens is 598 g/mol. The number of methoxy groups -OCH3 is 1. The molecule has 2 N–H and O–H groups in total. The Balaban J connectivity index is 2.04. The van der Waals surface area contributed by atoms with E-state index in [1.807, 2.05) is 32.8 Å². The van der Waals surface area contributed by atoms with E-state index in [0.29, 0.717) is 13.0 Å². The van der Waals surface area contributed by atoms with Crippen LogP contribution in [0.1, 0.15) is 75.2 Å². The molecule has 4 aliphatic rings. The molecule has 0 aliphatic carbocycles. The second-order valence-corrected chi connectivity index (χ2v) is 14.3. The van der Waals surface area contributed by atoms with Crippen LogP contribution in [0.15, 0.2) is 0 Å². The average Bonchev–Trinajstić information content (AvgIpc) is 3.29. The molecule has 4 aliphatic heterocycles. The number of hydrogen-bond acceptors (Lipinski definition) is 12. The Hall–Kier alpha value is -2.16. The lowest BCUT2D eigenvalue weighted by Crippen LogP contribution is -2.84. The maximum atomic E-state index is 14.4. The van der Waals surface area contributed by atoms with Crippen LogP contribution >= 0.6 is 0 Å². The van der Waals surface area contributed by atoms with E-state index in [9.17, 15) is 24.3 Å². The van der Waals surface area contributed by atoms with Gasteiger partial charge in [-0.1, -0.05) is 34.6 Å². The van der Waals surface area contributed by atoms with Gasteiger partial charge in [-0.15, -0.1) is 0 Å². The summed E-state index contributed by atoms with van der Waals surface area (Å²) < 4.78 is 31.5. The molecule has 4 heterocycles. The van der Waals surface area contributed by atoms with Crippen LogP contribution in [0.5, 0.6) is 0 Å². The maximum Gasteiger partial charge on any atom is 0.412 e. The Morgan fingerprint density at radius 2 is 1.65 bits per heavy atom. The van der Waals surface area contributed by atoms with Gasteiger partial charge in [0.15, 0.2) is 17.7 Å². The molecule has 4 rings (SSSR count). The Bertz CT molecular complexity index is 1200. The SMILES string of the molecule is CCNC12[C@@H](C)C(=O)[C@H](C)[C@H]3N1C(=O)O[C@]3(C)[C@@H](CC)OC(=O)[C@H](C)C(=O)[C@H](C)[C@@H](OC1OC(C)CC(N(C)C)C1O)[C@]2(C)OC. The van der Waals surface area contributed by atoms with E-state index in [1.54, 1.807) is 41.5 Å². The van der Waals surface area contributed by atoms with Gasteiger partial charge in [0, 0.05) is 25.0 Å². The minimum absolute atomic E-state index is 0.158. The van der Waals surface area contributed by atoms with E-state index in [1.165, 1.54) is 18.9 Å². The van der Waals surface area contributed by atoms with Gasteiger partial charge in [-0.3, -0.25) is 24.6 Å². The second-order valence-electron chi connectivity index (χ2n) is 14.3. The molecule has 14 atom stereocenters. The van der Waals surface area contributed by atoms with Crippen LogP contribution in [0.2, 0.25) is 0 Å². The largest absolute Gasteiger partial charge is 0.458 e. The number of ketones is 2. The summed E-state index contributed by atoms with van der Waals surface area (Å²) in [6.45, 7) is 15.8. The minimum atomic E-state index is -1.66. The van der Waals surface area contributed by atoms with Gasteiger partial charge >= 0.3 is 12.1 Å². The molecule has 46 heavy (non-hydrogen) atoms. The predicted molar refractivity (Wildman–Crippen MR) is 166 cm³/mol. The fraction of sp³-hybridized carbons (Fsp3) is 0.879. The first-order valence-corrected chi connectivity index (χ1v) is 16.6. The first-order chi connectivity index (χ1) is 21.4. The van der Waals surface area contributed by atoms with Crippen molar-refractivity contribution in [2.24, 2.45) is 23.7 Å². The number of carbonyl (C=O) groups excluding carboxylic acids is 4. The molecule has 5 unspecified atom stereocenters. The number of piperidine rings is 1. The van der Waals surface area contributed by atoms with Crippen molar-refractivity contribution in [2.45, 2.75) is 135 Å². The average molecular weight is 654 g/mol. The maximum absolute atomic E-state index is 14.4. The molecule has 4 saturated heterocycles. The number of esters is 1. The topological polar surface area (TPSA) is 153 Å². The van der Waals surface area contributed by atoms with E-state index in [-0.39, 0.29) is 24.3 Å². The number of aliphatic hydroxyl groups is 1. The molecule has 4 fully saturated rings. The molecule has 13 nitrogen and oxygen atoms in total. The lowest BCUT2D eigenvalue weighted by atomic mass is 9.62. The highest BCUT2D eigenvalue weighted by Gasteiger charge is 2.75. The smallest absolute Gasteiger partial charge is 0.412 e. The third kappa shape index (κ3) is 5.29. The van der Waals surface area contributed by atoms with Crippen LogP contribution in [0, 0.1) is 23.7 Å². The van der Waals surface area contributed by atoms with Gasteiger partial charge in [-0.05, 0) is 61.2 Å². The summed E-state index contributed by atoms with van der Waals surface area (Å²) in [4.78, 5) is 60.0. The van der Waals surface area contributed by atoms with Crippen LogP contribution in [0.3, 0.4) is 0 Å². The van der Waals surface area contributed by atoms with Crippen molar-refractivity contribution in [1.82, 2.24) is 15.1 Å². The Morgan fingerprint density at radius 1 is 1.02 bits per heavy atom. The van der Waals surface area contributed by atoms with Gasteiger partial charge in [0.25, 0.3) is 0 Å². The standard InChI is InChI=1S/C33H55N3O10/c1-13-22-31(8)26-17(4)24(38)20(7)33(34-14-2,36(26)30(41)46-31)32(9,42-12)27(18(5)23(37)19(6)28(40)44-22)45-29-25(39)21(35(10)11)15-16(3)43-29/h16-22,25-27,29,34,39H,13-15H2,1-12H3/t16?,17-,18-,19+,20-,21?,22+,25?,26+,27+,29?,31+,32-,33?/m0/s1. The zero-order valence-electron chi connectivity index (χ0n) is 29.5. The van der Waals surface area contributed by atoms with Crippen molar-refractivity contribution in [1.29, 1.82) is 0 Å². The van der Waals surface area contributed by atoms with E-state index in [0.717, 1.165) is 0 Å². The quantitative estimate of drug-likeness (QED) is 0.306. The van der Waals surface area contributed by atoms with Gasteiger partial charge < -0.3 is 33.7 Å². The molecule has 0 aromatic carbocycles. The van der Waals surface area contributed by atoms with E-state index < -0.39 is 89.0 Å². The van der Waals surface area contributed by atoms with Gasteiger partial charge in [-0.25, -0.2) is 4.79 Å². The van der Waals surface area contributed by atoms with Crippen molar-refractivity contribution >= 4 is 23.6 Å². The molecule has 262 valence electrons. The van der Waals surface area contributed by atoms with Crippen molar-refractivity contribution in [3.05, 3.63) is 0 Å². The Kier molecular flexibility index (Phi) is 10.4. The molecule has 0 saturated carbocycles. The molecule has 1 amide bonds. The fourth-order valence-corrected chi connectivity index (χ4v) is 8.84. The van der Waals surface area contributed by atoms with Crippen LogP contribution < -0.4 is 5.32 Å². The van der Waals surface area contributed by atoms with Crippen LogP contribution in [0.25, 0.3) is 0 Å². The van der Waals surface area contributed by atoms with E-state index in [4.69, 9.17) is 23.7 Å². The first kappa shape index (κ1) is 36.7. The van der Waals surface area contributed by atoms with Gasteiger partial charge in [0.1, 0.15) is 41.3 Å². The summed E-state index contributed by atoms with van der Waals surface area (Å²) in [7, 11) is 5.15. The van der Waals surface area contributed by atoms with Gasteiger partial charge in [-0.2, -0.15) is 0 Å². The number of nitrogens with zero attached hydrogens (tertiary/aromatic N) is 2. The highest BCUT2D eigenvalue weighted by Crippen LogP contribution is 2.54.